The van der Waals surface area contributed by atoms with Crippen molar-refractivity contribution in [2.24, 2.45) is 0 Å². The molecule has 1 fully saturated rings. The highest BCUT2D eigenvalue weighted by molar-refractivity contribution is 7.11. The summed E-state index contributed by atoms with van der Waals surface area (Å²) in [5.74, 6) is 1.63. The summed E-state index contributed by atoms with van der Waals surface area (Å²) in [4.78, 5) is 5.61. The third-order valence-corrected chi connectivity index (χ3v) is 4.85. The summed E-state index contributed by atoms with van der Waals surface area (Å²) in [6.07, 6.45) is 4.40. The van der Waals surface area contributed by atoms with Crippen LogP contribution in [0, 0.1) is 6.92 Å². The molecule has 2 aromatic rings. The van der Waals surface area contributed by atoms with E-state index in [2.05, 4.69) is 35.4 Å². The lowest BCUT2D eigenvalue weighted by Gasteiger charge is -2.36. The van der Waals surface area contributed by atoms with Gasteiger partial charge in [0.15, 0.2) is 0 Å². The summed E-state index contributed by atoms with van der Waals surface area (Å²) in [5.41, 5.74) is 1.40. The molecule has 0 amide bonds. The first-order valence-corrected chi connectivity index (χ1v) is 7.85. The minimum absolute atomic E-state index is 0.633. The smallest absolute Gasteiger partial charge is 0.119 e. The molecule has 0 radical (unpaired) electrons. The molecule has 3 rings (SSSR count). The van der Waals surface area contributed by atoms with Gasteiger partial charge in [-0.25, -0.2) is 4.98 Å². The molecule has 0 unspecified atom stereocenters. The number of hydrogen-bond acceptors (Lipinski definition) is 4. The lowest BCUT2D eigenvalue weighted by Crippen LogP contribution is -2.39. The number of methoxy groups -OCH3 is 1. The molecule has 20 heavy (non-hydrogen) atoms. The van der Waals surface area contributed by atoms with Gasteiger partial charge in [0.25, 0.3) is 0 Å². The summed E-state index contributed by atoms with van der Waals surface area (Å²) >= 11 is 1.78. The van der Waals surface area contributed by atoms with Gasteiger partial charge in [-0.1, -0.05) is 12.1 Å². The van der Waals surface area contributed by atoms with Crippen LogP contribution in [0.3, 0.4) is 0 Å². The van der Waals surface area contributed by atoms with E-state index in [9.17, 15) is 0 Å². The number of hydrogen-bond donors (Lipinski definition) is 1. The van der Waals surface area contributed by atoms with Crippen LogP contribution in [0.15, 0.2) is 30.5 Å². The number of nitrogens with zero attached hydrogens (tertiary/aromatic N) is 1. The van der Waals surface area contributed by atoms with Gasteiger partial charge in [0.05, 0.1) is 12.1 Å². The Hall–Kier alpha value is -1.39. The quantitative estimate of drug-likeness (QED) is 0.914. The van der Waals surface area contributed by atoms with Crippen molar-refractivity contribution in [3.05, 3.63) is 45.9 Å². The molecular weight excluding hydrogens is 268 g/mol. The molecule has 3 nitrogen and oxygen atoms in total. The van der Waals surface area contributed by atoms with Crippen molar-refractivity contribution in [2.45, 2.75) is 38.3 Å². The van der Waals surface area contributed by atoms with Gasteiger partial charge in [0.2, 0.25) is 0 Å². The first-order chi connectivity index (χ1) is 9.74. The Morgan fingerprint density at radius 2 is 2.25 bits per heavy atom. The fourth-order valence-corrected chi connectivity index (χ4v) is 3.43. The number of ether oxygens (including phenoxy) is 1. The fraction of sp³-hybridized carbons (Fsp3) is 0.438. The van der Waals surface area contributed by atoms with Crippen molar-refractivity contribution in [3.8, 4) is 5.75 Å². The molecule has 0 spiro atoms. The van der Waals surface area contributed by atoms with Gasteiger partial charge in [0.1, 0.15) is 5.75 Å². The average molecular weight is 288 g/mol. The Bertz CT molecular complexity index is 575. The number of thiazole rings is 1. The van der Waals surface area contributed by atoms with Crippen molar-refractivity contribution >= 4 is 11.3 Å². The molecule has 1 aliphatic rings. The van der Waals surface area contributed by atoms with Crippen LogP contribution in [0.4, 0.5) is 0 Å². The standard InChI is InChI=1S/C16H20N2OS/c1-11-17-9-16(20-11)10-18-14-6-13(7-14)12-4-3-5-15(8-12)19-2/h3-5,8-9,13-14,18H,6-7,10H2,1-2H3. The van der Waals surface area contributed by atoms with Crippen LogP contribution < -0.4 is 10.1 Å². The number of aryl methyl sites for hydroxylation is 1. The minimum atomic E-state index is 0.633. The molecular formula is C16H20N2OS. The van der Waals surface area contributed by atoms with Crippen molar-refractivity contribution < 1.29 is 4.74 Å². The number of benzene rings is 1. The average Bonchev–Trinajstić information content (AvgIpc) is 2.83. The van der Waals surface area contributed by atoms with Gasteiger partial charge in [-0.15, -0.1) is 11.3 Å². The van der Waals surface area contributed by atoms with E-state index in [1.807, 2.05) is 12.3 Å². The van der Waals surface area contributed by atoms with E-state index in [4.69, 9.17) is 4.74 Å². The molecule has 1 aromatic heterocycles. The van der Waals surface area contributed by atoms with Crippen LogP contribution >= 0.6 is 11.3 Å². The second-order valence-electron chi connectivity index (χ2n) is 5.37. The molecule has 0 saturated heterocycles. The summed E-state index contributed by atoms with van der Waals surface area (Å²) in [5, 5.41) is 4.76. The van der Waals surface area contributed by atoms with Crippen molar-refractivity contribution in [3.63, 3.8) is 0 Å². The maximum Gasteiger partial charge on any atom is 0.119 e. The number of aromatic nitrogens is 1. The highest BCUT2D eigenvalue weighted by atomic mass is 32.1. The zero-order valence-electron chi connectivity index (χ0n) is 11.9. The molecule has 0 aliphatic heterocycles. The zero-order valence-corrected chi connectivity index (χ0v) is 12.7. The van der Waals surface area contributed by atoms with E-state index < -0.39 is 0 Å². The number of rotatable bonds is 5. The van der Waals surface area contributed by atoms with Crippen LogP contribution in [0.2, 0.25) is 0 Å². The molecule has 4 heteroatoms. The van der Waals surface area contributed by atoms with Crippen LogP contribution in [-0.2, 0) is 6.54 Å². The van der Waals surface area contributed by atoms with Crippen LogP contribution in [0.1, 0.15) is 34.2 Å². The Labute approximate surface area is 124 Å². The SMILES string of the molecule is COc1cccc(C2CC(NCc3cnc(C)s3)C2)c1. The third-order valence-electron chi connectivity index (χ3n) is 3.94. The monoisotopic (exact) mass is 288 g/mol. The molecule has 0 atom stereocenters. The van der Waals surface area contributed by atoms with Crippen LogP contribution in [-0.4, -0.2) is 18.1 Å². The lowest BCUT2D eigenvalue weighted by molar-refractivity contribution is 0.289. The number of nitrogens with one attached hydrogen (secondary N) is 1. The highest BCUT2D eigenvalue weighted by Crippen LogP contribution is 2.38. The fourth-order valence-electron chi connectivity index (χ4n) is 2.68. The Morgan fingerprint density at radius 1 is 1.40 bits per heavy atom. The van der Waals surface area contributed by atoms with Crippen LogP contribution in [0.5, 0.6) is 5.75 Å². The van der Waals surface area contributed by atoms with Gasteiger partial charge in [-0.05, 0) is 43.4 Å². The summed E-state index contributed by atoms with van der Waals surface area (Å²) < 4.78 is 5.29. The van der Waals surface area contributed by atoms with Gasteiger partial charge in [-0.2, -0.15) is 0 Å². The van der Waals surface area contributed by atoms with Gasteiger partial charge in [-0.3, -0.25) is 0 Å². The molecule has 0 bridgehead atoms. The Kier molecular flexibility index (Phi) is 4.03. The van der Waals surface area contributed by atoms with Gasteiger partial charge < -0.3 is 10.1 Å². The minimum Gasteiger partial charge on any atom is -0.497 e. The Balaban J connectivity index is 1.48. The second-order valence-corrected chi connectivity index (χ2v) is 6.69. The maximum absolute atomic E-state index is 5.29. The molecule has 106 valence electrons. The van der Waals surface area contributed by atoms with E-state index in [1.54, 1.807) is 18.4 Å². The Morgan fingerprint density at radius 3 is 2.95 bits per heavy atom. The summed E-state index contributed by atoms with van der Waals surface area (Å²) in [7, 11) is 1.72. The topological polar surface area (TPSA) is 34.1 Å². The molecule has 1 aromatic carbocycles. The largest absolute Gasteiger partial charge is 0.497 e. The summed E-state index contributed by atoms with van der Waals surface area (Å²) in [6, 6.07) is 9.08. The molecule has 1 saturated carbocycles. The van der Waals surface area contributed by atoms with E-state index in [0.717, 1.165) is 17.3 Å². The van der Waals surface area contributed by atoms with E-state index in [0.29, 0.717) is 12.0 Å². The zero-order chi connectivity index (χ0) is 13.9. The van der Waals surface area contributed by atoms with E-state index in [1.165, 1.54) is 23.3 Å². The molecule has 1 aliphatic carbocycles. The van der Waals surface area contributed by atoms with Crippen molar-refractivity contribution in [2.75, 3.05) is 7.11 Å². The first-order valence-electron chi connectivity index (χ1n) is 7.03. The molecule has 1 heterocycles. The van der Waals surface area contributed by atoms with Crippen molar-refractivity contribution in [1.29, 1.82) is 0 Å². The summed E-state index contributed by atoms with van der Waals surface area (Å²) in [6.45, 7) is 3.00. The normalized spacial score (nSPS) is 21.5. The van der Waals surface area contributed by atoms with Gasteiger partial charge >= 0.3 is 0 Å². The molecule has 1 N–H and O–H groups in total. The van der Waals surface area contributed by atoms with E-state index >= 15 is 0 Å². The maximum atomic E-state index is 5.29. The first kappa shape index (κ1) is 13.6. The lowest BCUT2D eigenvalue weighted by atomic mass is 9.76. The highest BCUT2D eigenvalue weighted by Gasteiger charge is 2.30. The van der Waals surface area contributed by atoms with E-state index in [-0.39, 0.29) is 0 Å². The predicted octanol–water partition coefficient (Wildman–Crippen LogP) is 3.50. The second kappa shape index (κ2) is 5.94. The third kappa shape index (κ3) is 3.02. The van der Waals surface area contributed by atoms with Gasteiger partial charge in [0, 0.05) is 23.7 Å². The van der Waals surface area contributed by atoms with Crippen LogP contribution in [0.25, 0.3) is 0 Å². The van der Waals surface area contributed by atoms with Crippen molar-refractivity contribution in [1.82, 2.24) is 10.3 Å². The predicted molar refractivity (Wildman–Crippen MR) is 82.4 cm³/mol.